The Bertz CT molecular complexity index is 457. The van der Waals surface area contributed by atoms with E-state index in [1.54, 1.807) is 6.07 Å². The molecule has 0 heterocycles. The van der Waals surface area contributed by atoms with Crippen LogP contribution in [0.4, 0.5) is 4.39 Å². The van der Waals surface area contributed by atoms with Gasteiger partial charge in [0.2, 0.25) is 0 Å². The number of hydrogen-bond donors (Lipinski definition) is 1. The third-order valence-electron chi connectivity index (χ3n) is 4.45. The van der Waals surface area contributed by atoms with Crippen LogP contribution in [0, 0.1) is 11.2 Å². The van der Waals surface area contributed by atoms with Crippen molar-refractivity contribution in [1.82, 2.24) is 0 Å². The van der Waals surface area contributed by atoms with Crippen LogP contribution in [0.1, 0.15) is 32.1 Å². The zero-order valence-electron chi connectivity index (χ0n) is 10.0. The number of halogens is 2. The van der Waals surface area contributed by atoms with Crippen molar-refractivity contribution in [1.29, 1.82) is 0 Å². The summed E-state index contributed by atoms with van der Waals surface area (Å²) < 4.78 is 18.9. The summed E-state index contributed by atoms with van der Waals surface area (Å²) in [5.41, 5.74) is -0.0686. The molecule has 0 bridgehead atoms. The van der Waals surface area contributed by atoms with E-state index in [4.69, 9.17) is 16.3 Å². The van der Waals surface area contributed by atoms with Crippen molar-refractivity contribution in [2.24, 2.45) is 5.41 Å². The van der Waals surface area contributed by atoms with E-state index in [1.165, 1.54) is 12.1 Å². The molecule has 2 aliphatic carbocycles. The maximum Gasteiger partial charge on any atom is 0.142 e. The number of aliphatic hydroxyl groups is 1. The Balaban J connectivity index is 1.75. The van der Waals surface area contributed by atoms with Gasteiger partial charge in [-0.2, -0.15) is 0 Å². The Hall–Kier alpha value is -0.800. The van der Waals surface area contributed by atoms with Crippen molar-refractivity contribution in [2.45, 2.75) is 44.3 Å². The Kier molecular flexibility index (Phi) is 2.99. The quantitative estimate of drug-likeness (QED) is 0.891. The molecule has 1 aromatic rings. The standard InChI is InChI=1S/C14H16ClFO2/c15-10-7-9(3-4-11(10)16)18-13-8-12(17)14(13)5-1-2-6-14/h3-4,7,12-13,17H,1-2,5-6,8H2. The molecule has 0 aromatic heterocycles. The molecule has 2 aliphatic rings. The van der Waals surface area contributed by atoms with E-state index < -0.39 is 5.82 Å². The molecule has 1 N–H and O–H groups in total. The van der Waals surface area contributed by atoms with Gasteiger partial charge >= 0.3 is 0 Å². The number of benzene rings is 1. The Labute approximate surface area is 111 Å². The van der Waals surface area contributed by atoms with Crippen molar-refractivity contribution in [3.63, 3.8) is 0 Å². The molecule has 18 heavy (non-hydrogen) atoms. The van der Waals surface area contributed by atoms with Gasteiger partial charge in [-0.05, 0) is 25.0 Å². The molecule has 2 atom stereocenters. The first-order chi connectivity index (χ1) is 8.62. The molecule has 4 heteroatoms. The average molecular weight is 271 g/mol. The van der Waals surface area contributed by atoms with E-state index in [0.717, 1.165) is 25.7 Å². The number of rotatable bonds is 2. The fourth-order valence-electron chi connectivity index (χ4n) is 3.29. The molecule has 1 spiro atoms. The Morgan fingerprint density at radius 1 is 1.33 bits per heavy atom. The number of aliphatic hydroxyl groups excluding tert-OH is 1. The first kappa shape index (κ1) is 12.2. The zero-order valence-corrected chi connectivity index (χ0v) is 10.8. The number of hydrogen-bond acceptors (Lipinski definition) is 2. The summed E-state index contributed by atoms with van der Waals surface area (Å²) >= 11 is 5.73. The van der Waals surface area contributed by atoms with E-state index in [-0.39, 0.29) is 22.6 Å². The maximum absolute atomic E-state index is 13.1. The number of ether oxygens (including phenoxy) is 1. The second-order valence-electron chi connectivity index (χ2n) is 5.37. The monoisotopic (exact) mass is 270 g/mol. The normalized spacial score (nSPS) is 29.3. The molecular weight excluding hydrogens is 255 g/mol. The Morgan fingerprint density at radius 2 is 2.06 bits per heavy atom. The van der Waals surface area contributed by atoms with Gasteiger partial charge in [0.15, 0.2) is 0 Å². The first-order valence-electron chi connectivity index (χ1n) is 6.41. The highest BCUT2D eigenvalue weighted by Gasteiger charge is 2.57. The lowest BCUT2D eigenvalue weighted by molar-refractivity contribution is -0.151. The highest BCUT2D eigenvalue weighted by atomic mass is 35.5. The van der Waals surface area contributed by atoms with Crippen LogP contribution in [0.5, 0.6) is 5.75 Å². The van der Waals surface area contributed by atoms with Gasteiger partial charge in [-0.1, -0.05) is 24.4 Å². The molecule has 3 rings (SSSR count). The van der Waals surface area contributed by atoms with Crippen molar-refractivity contribution < 1.29 is 14.2 Å². The van der Waals surface area contributed by atoms with Crippen LogP contribution >= 0.6 is 11.6 Å². The van der Waals surface area contributed by atoms with Crippen molar-refractivity contribution >= 4 is 11.6 Å². The van der Waals surface area contributed by atoms with Crippen LogP contribution in [0.15, 0.2) is 18.2 Å². The molecular formula is C14H16ClFO2. The largest absolute Gasteiger partial charge is 0.490 e. The van der Waals surface area contributed by atoms with Gasteiger partial charge in [0.1, 0.15) is 17.7 Å². The molecule has 2 fully saturated rings. The van der Waals surface area contributed by atoms with Crippen molar-refractivity contribution in [3.8, 4) is 5.75 Å². The lowest BCUT2D eigenvalue weighted by Crippen LogP contribution is -2.58. The van der Waals surface area contributed by atoms with E-state index in [0.29, 0.717) is 12.2 Å². The maximum atomic E-state index is 13.1. The predicted molar refractivity (Wildman–Crippen MR) is 67.4 cm³/mol. The lowest BCUT2D eigenvalue weighted by atomic mass is 9.62. The topological polar surface area (TPSA) is 29.5 Å². The summed E-state index contributed by atoms with van der Waals surface area (Å²) in [7, 11) is 0. The van der Waals surface area contributed by atoms with Gasteiger partial charge < -0.3 is 9.84 Å². The molecule has 2 saturated carbocycles. The molecule has 0 amide bonds. The summed E-state index contributed by atoms with van der Waals surface area (Å²) in [6.45, 7) is 0. The molecule has 1 aromatic carbocycles. The minimum absolute atomic E-state index is 0.0385. The average Bonchev–Trinajstić information content (AvgIpc) is 2.85. The van der Waals surface area contributed by atoms with Gasteiger partial charge in [0, 0.05) is 17.9 Å². The summed E-state index contributed by atoms with van der Waals surface area (Å²) in [5.74, 6) is 0.151. The highest BCUT2D eigenvalue weighted by Crippen LogP contribution is 2.54. The SMILES string of the molecule is OC1CC(Oc2ccc(F)c(Cl)c2)C12CCCC2. The fourth-order valence-corrected chi connectivity index (χ4v) is 3.47. The van der Waals surface area contributed by atoms with E-state index >= 15 is 0 Å². The van der Waals surface area contributed by atoms with Crippen LogP contribution in [0.2, 0.25) is 5.02 Å². The molecule has 2 unspecified atom stereocenters. The molecule has 0 saturated heterocycles. The molecule has 0 radical (unpaired) electrons. The minimum Gasteiger partial charge on any atom is -0.490 e. The highest BCUT2D eigenvalue weighted by molar-refractivity contribution is 6.30. The third kappa shape index (κ3) is 1.81. The van der Waals surface area contributed by atoms with Gasteiger partial charge in [-0.15, -0.1) is 0 Å². The van der Waals surface area contributed by atoms with E-state index in [2.05, 4.69) is 0 Å². The van der Waals surface area contributed by atoms with Crippen molar-refractivity contribution in [2.75, 3.05) is 0 Å². The van der Waals surface area contributed by atoms with E-state index in [9.17, 15) is 9.50 Å². The summed E-state index contributed by atoms with van der Waals surface area (Å²) in [5, 5.41) is 10.1. The van der Waals surface area contributed by atoms with Crippen LogP contribution in [0.3, 0.4) is 0 Å². The van der Waals surface area contributed by atoms with E-state index in [1.807, 2.05) is 0 Å². The van der Waals surface area contributed by atoms with Crippen LogP contribution in [0.25, 0.3) is 0 Å². The summed E-state index contributed by atoms with van der Waals surface area (Å²) in [4.78, 5) is 0. The van der Waals surface area contributed by atoms with Crippen LogP contribution in [-0.4, -0.2) is 17.3 Å². The van der Waals surface area contributed by atoms with Crippen LogP contribution < -0.4 is 4.74 Å². The lowest BCUT2D eigenvalue weighted by Gasteiger charge is -2.51. The van der Waals surface area contributed by atoms with Gasteiger partial charge in [-0.3, -0.25) is 0 Å². The first-order valence-corrected chi connectivity index (χ1v) is 6.79. The molecule has 98 valence electrons. The summed E-state index contributed by atoms with van der Waals surface area (Å²) in [6.07, 6.45) is 4.80. The fraction of sp³-hybridized carbons (Fsp3) is 0.571. The van der Waals surface area contributed by atoms with Crippen molar-refractivity contribution in [3.05, 3.63) is 29.0 Å². The van der Waals surface area contributed by atoms with Crippen LogP contribution in [-0.2, 0) is 0 Å². The predicted octanol–water partition coefficient (Wildman–Crippen LogP) is 3.55. The minimum atomic E-state index is -0.437. The smallest absolute Gasteiger partial charge is 0.142 e. The second kappa shape index (κ2) is 4.39. The van der Waals surface area contributed by atoms with Gasteiger partial charge in [0.05, 0.1) is 11.1 Å². The second-order valence-corrected chi connectivity index (χ2v) is 5.78. The Morgan fingerprint density at radius 3 is 2.67 bits per heavy atom. The third-order valence-corrected chi connectivity index (χ3v) is 4.74. The van der Waals surface area contributed by atoms with Gasteiger partial charge in [-0.25, -0.2) is 4.39 Å². The summed E-state index contributed by atoms with van der Waals surface area (Å²) in [6, 6.07) is 4.41. The van der Waals surface area contributed by atoms with Gasteiger partial charge in [0.25, 0.3) is 0 Å². The zero-order chi connectivity index (χ0) is 12.8. The molecule has 0 aliphatic heterocycles. The molecule has 2 nitrogen and oxygen atoms in total.